The van der Waals surface area contributed by atoms with E-state index in [1.54, 1.807) is 11.6 Å². The molecule has 0 radical (unpaired) electrons. The summed E-state index contributed by atoms with van der Waals surface area (Å²) in [6.07, 6.45) is 3.98. The van der Waals surface area contributed by atoms with Crippen molar-refractivity contribution in [2.45, 2.75) is 26.3 Å². The number of benzene rings is 1. The first-order valence-corrected chi connectivity index (χ1v) is 8.80. The molecule has 0 bridgehead atoms. The number of unbranched alkanes of at least 4 members (excludes halogenated alkanes) is 1. The molecule has 0 aliphatic rings. The number of hydrogen-bond donors (Lipinski definition) is 0. The molecule has 3 rings (SSSR count). The van der Waals surface area contributed by atoms with Gasteiger partial charge in [-0.2, -0.15) is 0 Å². The summed E-state index contributed by atoms with van der Waals surface area (Å²) in [6, 6.07) is 7.86. The summed E-state index contributed by atoms with van der Waals surface area (Å²) in [7, 11) is 3.23. The van der Waals surface area contributed by atoms with Crippen LogP contribution in [0.1, 0.15) is 19.8 Å². The van der Waals surface area contributed by atoms with Crippen LogP contribution in [0.4, 0.5) is 0 Å². The zero-order valence-corrected chi connectivity index (χ0v) is 15.6. The first kappa shape index (κ1) is 16.8. The van der Waals surface area contributed by atoms with Crippen LogP contribution in [-0.2, 0) is 20.6 Å². The van der Waals surface area contributed by atoms with Gasteiger partial charge in [0.25, 0.3) is 5.56 Å². The van der Waals surface area contributed by atoms with Crippen molar-refractivity contribution >= 4 is 26.8 Å². The fourth-order valence-corrected chi connectivity index (χ4v) is 3.51. The van der Waals surface area contributed by atoms with Gasteiger partial charge in [-0.1, -0.05) is 47.5 Å². The molecule has 0 spiro atoms. The molecule has 126 valence electrons. The highest BCUT2D eigenvalue weighted by atomic mass is 79.9. The van der Waals surface area contributed by atoms with Crippen molar-refractivity contribution < 1.29 is 0 Å². The Balaban J connectivity index is 2.47. The minimum Gasteiger partial charge on any atom is -0.345 e. The molecule has 0 aliphatic carbocycles. The lowest BCUT2D eigenvalue weighted by Crippen LogP contribution is -2.36. The lowest BCUT2D eigenvalue weighted by molar-refractivity contribution is 0.640. The van der Waals surface area contributed by atoms with Crippen LogP contribution in [-0.4, -0.2) is 13.7 Å². The Labute approximate surface area is 148 Å². The van der Waals surface area contributed by atoms with E-state index < -0.39 is 0 Å². The largest absolute Gasteiger partial charge is 0.345 e. The summed E-state index contributed by atoms with van der Waals surface area (Å²) in [4.78, 5) is 25.1. The van der Waals surface area contributed by atoms with Crippen LogP contribution < -0.4 is 11.2 Å². The van der Waals surface area contributed by atoms with Crippen LogP contribution in [0.15, 0.2) is 44.5 Å². The number of fused-ring (bicyclic) bond motifs is 1. The lowest BCUT2D eigenvalue weighted by Gasteiger charge is -2.11. The minimum atomic E-state index is -0.307. The molecule has 0 N–H and O–H groups in total. The highest BCUT2D eigenvalue weighted by Crippen LogP contribution is 2.33. The van der Waals surface area contributed by atoms with Crippen molar-refractivity contribution in [3.63, 3.8) is 0 Å². The van der Waals surface area contributed by atoms with Gasteiger partial charge in [-0.05, 0) is 12.5 Å². The molecule has 0 saturated heterocycles. The Kier molecular flexibility index (Phi) is 4.49. The average Bonchev–Trinajstić information content (AvgIpc) is 2.96. The summed E-state index contributed by atoms with van der Waals surface area (Å²) in [5.41, 5.74) is 1.93. The quantitative estimate of drug-likeness (QED) is 0.687. The SMILES string of the molecule is CCCCn1cc2c(c1-c1ccccc1Br)c(=O)n(C)c(=O)n2C. The maximum Gasteiger partial charge on any atom is 0.330 e. The molecule has 5 nitrogen and oxygen atoms in total. The van der Waals surface area contributed by atoms with Crippen molar-refractivity contribution in [1.29, 1.82) is 0 Å². The Morgan fingerprint density at radius 2 is 1.79 bits per heavy atom. The second kappa shape index (κ2) is 6.43. The normalized spacial score (nSPS) is 11.3. The molecule has 2 heterocycles. The predicted octanol–water partition coefficient (Wildman–Crippen LogP) is 3.27. The van der Waals surface area contributed by atoms with Crippen LogP contribution in [0.2, 0.25) is 0 Å². The number of aryl methyl sites for hydroxylation is 2. The van der Waals surface area contributed by atoms with Gasteiger partial charge in [-0.3, -0.25) is 13.9 Å². The van der Waals surface area contributed by atoms with E-state index in [-0.39, 0.29) is 11.2 Å². The van der Waals surface area contributed by atoms with Gasteiger partial charge in [0.05, 0.1) is 16.6 Å². The smallest absolute Gasteiger partial charge is 0.330 e. The number of halogens is 1. The molecule has 0 aliphatic heterocycles. The zero-order chi connectivity index (χ0) is 17.4. The van der Waals surface area contributed by atoms with Crippen molar-refractivity contribution in [1.82, 2.24) is 13.7 Å². The third-order valence-corrected chi connectivity index (χ3v) is 5.09. The molecule has 2 aromatic heterocycles. The van der Waals surface area contributed by atoms with Gasteiger partial charge in [-0.25, -0.2) is 4.79 Å². The Hall–Kier alpha value is -2.08. The molecule has 0 fully saturated rings. The predicted molar refractivity (Wildman–Crippen MR) is 100 cm³/mol. The summed E-state index contributed by atoms with van der Waals surface area (Å²) >= 11 is 3.59. The Morgan fingerprint density at radius 1 is 1.08 bits per heavy atom. The summed E-state index contributed by atoms with van der Waals surface area (Å²) in [6.45, 7) is 2.94. The average molecular weight is 390 g/mol. The maximum absolute atomic E-state index is 12.8. The van der Waals surface area contributed by atoms with E-state index in [0.717, 1.165) is 35.1 Å². The molecular formula is C18H20BrN3O2. The van der Waals surface area contributed by atoms with E-state index in [4.69, 9.17) is 0 Å². The van der Waals surface area contributed by atoms with Gasteiger partial charge >= 0.3 is 5.69 Å². The standard InChI is InChI=1S/C18H20BrN3O2/c1-4-5-10-22-11-14-15(17(23)21(3)18(24)20(14)2)16(22)12-8-6-7-9-13(12)19/h6-9,11H,4-5,10H2,1-3H3. The van der Waals surface area contributed by atoms with E-state index in [1.807, 2.05) is 30.5 Å². The monoisotopic (exact) mass is 389 g/mol. The number of nitrogens with zero attached hydrogens (tertiary/aromatic N) is 3. The van der Waals surface area contributed by atoms with Gasteiger partial charge in [0.2, 0.25) is 0 Å². The Bertz CT molecular complexity index is 1030. The highest BCUT2D eigenvalue weighted by Gasteiger charge is 2.20. The summed E-state index contributed by atoms with van der Waals surface area (Å²) in [5, 5.41) is 0.586. The van der Waals surface area contributed by atoms with Crippen molar-refractivity contribution in [3.8, 4) is 11.3 Å². The van der Waals surface area contributed by atoms with Gasteiger partial charge in [0.15, 0.2) is 0 Å². The number of hydrogen-bond acceptors (Lipinski definition) is 2. The second-order valence-electron chi connectivity index (χ2n) is 5.97. The zero-order valence-electron chi connectivity index (χ0n) is 14.0. The molecular weight excluding hydrogens is 370 g/mol. The third kappa shape index (κ3) is 2.55. The molecule has 6 heteroatoms. The molecule has 3 aromatic rings. The third-order valence-electron chi connectivity index (χ3n) is 4.39. The van der Waals surface area contributed by atoms with E-state index in [1.165, 1.54) is 11.6 Å². The van der Waals surface area contributed by atoms with Gasteiger partial charge in [-0.15, -0.1) is 0 Å². The number of aromatic nitrogens is 3. The topological polar surface area (TPSA) is 48.9 Å². The highest BCUT2D eigenvalue weighted by molar-refractivity contribution is 9.10. The van der Waals surface area contributed by atoms with Crippen LogP contribution >= 0.6 is 15.9 Å². The fraction of sp³-hybridized carbons (Fsp3) is 0.333. The molecule has 24 heavy (non-hydrogen) atoms. The second-order valence-corrected chi connectivity index (χ2v) is 6.82. The fourth-order valence-electron chi connectivity index (χ4n) is 3.04. The first-order valence-electron chi connectivity index (χ1n) is 8.01. The Morgan fingerprint density at radius 3 is 2.46 bits per heavy atom. The van der Waals surface area contributed by atoms with Crippen molar-refractivity contribution in [2.75, 3.05) is 0 Å². The van der Waals surface area contributed by atoms with E-state index in [2.05, 4.69) is 27.4 Å². The van der Waals surface area contributed by atoms with Gasteiger partial charge in [0.1, 0.15) is 0 Å². The van der Waals surface area contributed by atoms with E-state index in [0.29, 0.717) is 10.9 Å². The van der Waals surface area contributed by atoms with Crippen LogP contribution in [0.25, 0.3) is 22.2 Å². The molecule has 0 atom stereocenters. The van der Waals surface area contributed by atoms with Gasteiger partial charge in [0, 0.05) is 36.9 Å². The van der Waals surface area contributed by atoms with Crippen molar-refractivity contribution in [2.24, 2.45) is 14.1 Å². The molecule has 0 unspecified atom stereocenters. The van der Waals surface area contributed by atoms with Crippen LogP contribution in [0.3, 0.4) is 0 Å². The lowest BCUT2D eigenvalue weighted by atomic mass is 10.1. The minimum absolute atomic E-state index is 0.255. The van der Waals surface area contributed by atoms with Crippen LogP contribution in [0, 0.1) is 0 Å². The van der Waals surface area contributed by atoms with E-state index >= 15 is 0 Å². The molecule has 1 aromatic carbocycles. The van der Waals surface area contributed by atoms with Crippen molar-refractivity contribution in [3.05, 3.63) is 55.8 Å². The molecule has 0 saturated carbocycles. The van der Waals surface area contributed by atoms with Gasteiger partial charge < -0.3 is 4.57 Å². The number of rotatable bonds is 4. The van der Waals surface area contributed by atoms with Crippen LogP contribution in [0.5, 0.6) is 0 Å². The summed E-state index contributed by atoms with van der Waals surface area (Å²) in [5.74, 6) is 0. The van der Waals surface area contributed by atoms with E-state index in [9.17, 15) is 9.59 Å². The summed E-state index contributed by atoms with van der Waals surface area (Å²) < 4.78 is 5.74. The maximum atomic E-state index is 12.8. The molecule has 0 amide bonds. The first-order chi connectivity index (χ1) is 11.5.